The molecule has 0 aliphatic rings. The molecule has 21 heavy (non-hydrogen) atoms. The molecule has 1 aromatic carbocycles. The summed E-state index contributed by atoms with van der Waals surface area (Å²) in [6, 6.07) is 5.43. The van der Waals surface area contributed by atoms with Crippen LogP contribution in [-0.2, 0) is 12.3 Å². The minimum Gasteiger partial charge on any atom is -0.313 e. The highest BCUT2D eigenvalue weighted by molar-refractivity contribution is 9.10. The lowest BCUT2D eigenvalue weighted by Crippen LogP contribution is -2.27. The summed E-state index contributed by atoms with van der Waals surface area (Å²) in [5.41, 5.74) is 1.02. The highest BCUT2D eigenvalue weighted by Crippen LogP contribution is 2.23. The van der Waals surface area contributed by atoms with Crippen molar-refractivity contribution in [2.75, 3.05) is 6.54 Å². The molecule has 0 radical (unpaired) electrons. The van der Waals surface area contributed by atoms with Gasteiger partial charge >= 0.3 is 0 Å². The Morgan fingerprint density at radius 2 is 2.24 bits per heavy atom. The summed E-state index contributed by atoms with van der Waals surface area (Å²) >= 11 is 4.72. The third-order valence-electron chi connectivity index (χ3n) is 2.73. The number of thioether (sulfide) groups is 1. The van der Waals surface area contributed by atoms with Gasteiger partial charge in [0.1, 0.15) is 5.82 Å². The molecule has 0 bridgehead atoms. The molecular formula is C13H17BrFN5S. The molecule has 0 amide bonds. The van der Waals surface area contributed by atoms with Crippen LogP contribution in [0.4, 0.5) is 4.39 Å². The van der Waals surface area contributed by atoms with Gasteiger partial charge in [0.15, 0.2) is 0 Å². The van der Waals surface area contributed by atoms with Crippen molar-refractivity contribution >= 4 is 27.7 Å². The third kappa shape index (κ3) is 5.05. The Bertz CT molecular complexity index is 590. The highest BCUT2D eigenvalue weighted by Gasteiger charge is 2.08. The van der Waals surface area contributed by atoms with E-state index in [1.165, 1.54) is 17.8 Å². The van der Waals surface area contributed by atoms with Gasteiger partial charge in [-0.15, -0.1) is 5.10 Å². The van der Waals surface area contributed by atoms with Crippen LogP contribution in [0.2, 0.25) is 0 Å². The number of tetrazole rings is 1. The molecule has 0 unspecified atom stereocenters. The largest absolute Gasteiger partial charge is 0.313 e. The summed E-state index contributed by atoms with van der Waals surface area (Å²) in [7, 11) is 0. The maximum absolute atomic E-state index is 13.2. The smallest absolute Gasteiger partial charge is 0.209 e. The second-order valence-corrected chi connectivity index (χ2v) is 6.63. The number of nitrogens with zero attached hydrogens (tertiary/aromatic N) is 4. The normalized spacial score (nSPS) is 11.3. The quantitative estimate of drug-likeness (QED) is 0.756. The van der Waals surface area contributed by atoms with Gasteiger partial charge in [-0.3, -0.25) is 0 Å². The number of hydrogen-bond donors (Lipinski definition) is 1. The first-order chi connectivity index (χ1) is 10.1. The number of hydrogen-bond acceptors (Lipinski definition) is 5. The zero-order chi connectivity index (χ0) is 15.2. The fourth-order valence-corrected chi connectivity index (χ4v) is 2.95. The number of nitrogens with one attached hydrogen (secondary N) is 1. The zero-order valence-corrected chi connectivity index (χ0v) is 14.3. The molecule has 5 nitrogen and oxygen atoms in total. The Kier molecular flexibility index (Phi) is 6.13. The van der Waals surface area contributed by atoms with Crippen LogP contribution in [0.1, 0.15) is 19.4 Å². The lowest BCUT2D eigenvalue weighted by molar-refractivity contribution is 0.485. The van der Waals surface area contributed by atoms with E-state index in [-0.39, 0.29) is 5.82 Å². The van der Waals surface area contributed by atoms with Crippen molar-refractivity contribution in [3.63, 3.8) is 0 Å². The first-order valence-corrected chi connectivity index (χ1v) is 8.40. The molecule has 2 aromatic rings. The van der Waals surface area contributed by atoms with E-state index in [1.54, 1.807) is 16.8 Å². The summed E-state index contributed by atoms with van der Waals surface area (Å²) in [5.74, 6) is 0.435. The summed E-state index contributed by atoms with van der Waals surface area (Å²) in [5, 5.41) is 15.8. The monoisotopic (exact) mass is 373 g/mol. The van der Waals surface area contributed by atoms with Crippen LogP contribution in [0.25, 0.3) is 0 Å². The van der Waals surface area contributed by atoms with Gasteiger partial charge in [-0.05, 0) is 44.1 Å². The van der Waals surface area contributed by atoms with Crippen LogP contribution in [0.3, 0.4) is 0 Å². The van der Waals surface area contributed by atoms with E-state index in [0.29, 0.717) is 16.3 Å². The van der Waals surface area contributed by atoms with Crippen molar-refractivity contribution in [3.8, 4) is 0 Å². The molecule has 0 saturated heterocycles. The number of halogens is 2. The van der Waals surface area contributed by atoms with Crippen LogP contribution in [-0.4, -0.2) is 32.8 Å². The predicted octanol–water partition coefficient (Wildman–Crippen LogP) is 2.87. The minimum absolute atomic E-state index is 0.256. The Hall–Kier alpha value is -0.990. The molecule has 2 rings (SSSR count). The molecule has 8 heteroatoms. The van der Waals surface area contributed by atoms with Gasteiger partial charge in [-0.1, -0.05) is 31.7 Å². The fourth-order valence-electron chi connectivity index (χ4n) is 1.68. The summed E-state index contributed by atoms with van der Waals surface area (Å²) in [6.45, 7) is 5.74. The van der Waals surface area contributed by atoms with Crippen LogP contribution in [0, 0.1) is 5.82 Å². The predicted molar refractivity (Wildman–Crippen MR) is 84.6 cm³/mol. The maximum atomic E-state index is 13.2. The molecular weight excluding hydrogens is 357 g/mol. The lowest BCUT2D eigenvalue weighted by atomic mass is 10.2. The Morgan fingerprint density at radius 1 is 1.43 bits per heavy atom. The van der Waals surface area contributed by atoms with Gasteiger partial charge < -0.3 is 5.32 Å². The summed E-state index contributed by atoms with van der Waals surface area (Å²) in [6.07, 6.45) is 0. The topological polar surface area (TPSA) is 55.6 Å². The SMILES string of the molecule is CC(C)NCCn1nnnc1SCc1ccc(F)c(Br)c1. The van der Waals surface area contributed by atoms with E-state index in [9.17, 15) is 4.39 Å². The van der Waals surface area contributed by atoms with E-state index in [2.05, 4.69) is 50.6 Å². The fraction of sp³-hybridized carbons (Fsp3) is 0.462. The van der Waals surface area contributed by atoms with Crippen molar-refractivity contribution in [3.05, 3.63) is 34.1 Å². The van der Waals surface area contributed by atoms with E-state index in [4.69, 9.17) is 0 Å². The van der Waals surface area contributed by atoms with Crippen molar-refractivity contribution in [1.82, 2.24) is 25.5 Å². The van der Waals surface area contributed by atoms with E-state index >= 15 is 0 Å². The molecule has 114 valence electrons. The van der Waals surface area contributed by atoms with Crippen molar-refractivity contribution < 1.29 is 4.39 Å². The number of aromatic nitrogens is 4. The average Bonchev–Trinajstić information content (AvgIpc) is 2.87. The van der Waals surface area contributed by atoms with Crippen molar-refractivity contribution in [2.45, 2.75) is 37.3 Å². The van der Waals surface area contributed by atoms with E-state index in [1.807, 2.05) is 0 Å². The van der Waals surface area contributed by atoms with E-state index < -0.39 is 0 Å². The maximum Gasteiger partial charge on any atom is 0.209 e. The van der Waals surface area contributed by atoms with Gasteiger partial charge in [0.25, 0.3) is 0 Å². The minimum atomic E-state index is -0.256. The number of rotatable bonds is 7. The van der Waals surface area contributed by atoms with Gasteiger partial charge in [-0.25, -0.2) is 9.07 Å². The molecule has 1 N–H and O–H groups in total. The van der Waals surface area contributed by atoms with Crippen LogP contribution < -0.4 is 5.32 Å². The molecule has 0 aliphatic carbocycles. The first-order valence-electron chi connectivity index (χ1n) is 6.62. The first kappa shape index (κ1) is 16.4. The zero-order valence-electron chi connectivity index (χ0n) is 11.9. The molecule has 0 aliphatic heterocycles. The molecule has 0 saturated carbocycles. The Morgan fingerprint density at radius 3 is 2.95 bits per heavy atom. The summed E-state index contributed by atoms with van der Waals surface area (Å²) < 4.78 is 15.4. The Balaban J connectivity index is 1.91. The average molecular weight is 374 g/mol. The van der Waals surface area contributed by atoms with Crippen molar-refractivity contribution in [2.24, 2.45) is 0 Å². The van der Waals surface area contributed by atoms with Crippen LogP contribution >= 0.6 is 27.7 Å². The molecule has 1 aromatic heterocycles. The van der Waals surface area contributed by atoms with Crippen LogP contribution in [0.15, 0.2) is 27.8 Å². The lowest BCUT2D eigenvalue weighted by Gasteiger charge is -2.08. The van der Waals surface area contributed by atoms with Gasteiger partial charge in [0.05, 0.1) is 11.0 Å². The third-order valence-corrected chi connectivity index (χ3v) is 4.36. The van der Waals surface area contributed by atoms with Crippen molar-refractivity contribution in [1.29, 1.82) is 0 Å². The number of benzene rings is 1. The van der Waals surface area contributed by atoms with Crippen LogP contribution in [0.5, 0.6) is 0 Å². The highest BCUT2D eigenvalue weighted by atomic mass is 79.9. The molecule has 0 fully saturated rings. The standard InChI is InChI=1S/C13H17BrFN5S/c1-9(2)16-5-6-20-13(17-18-19-20)21-8-10-3-4-12(15)11(14)7-10/h3-4,7,9,16H,5-6,8H2,1-2H3. The van der Waals surface area contributed by atoms with Gasteiger partial charge in [-0.2, -0.15) is 0 Å². The van der Waals surface area contributed by atoms with E-state index in [0.717, 1.165) is 23.8 Å². The molecule has 0 spiro atoms. The van der Waals surface area contributed by atoms with Gasteiger partial charge in [0, 0.05) is 18.3 Å². The Labute approximate surface area is 135 Å². The second kappa shape index (κ2) is 7.86. The summed E-state index contributed by atoms with van der Waals surface area (Å²) in [4.78, 5) is 0. The molecule has 0 atom stereocenters. The molecule has 1 heterocycles. The van der Waals surface area contributed by atoms with Gasteiger partial charge in [0.2, 0.25) is 5.16 Å². The second-order valence-electron chi connectivity index (χ2n) is 4.83.